The standard InChI is InChI=1S/C14H25N3O3S/c1-19-11-6-7-12(13(10-11)20-9-5-8-15)16-14(18)17-21(2,3)4/h6-7,10H,5,8-9,15H2,1-4H3,(H2,16,17,18). The third kappa shape index (κ3) is 6.59. The fourth-order valence-corrected chi connectivity index (χ4v) is 2.15. The summed E-state index contributed by atoms with van der Waals surface area (Å²) >= 11 is 0. The Morgan fingerprint density at radius 1 is 1.33 bits per heavy atom. The Morgan fingerprint density at radius 3 is 2.62 bits per heavy atom. The molecule has 120 valence electrons. The highest BCUT2D eigenvalue weighted by atomic mass is 32.3. The molecule has 2 amide bonds. The van der Waals surface area contributed by atoms with Crippen molar-refractivity contribution in [3.8, 4) is 11.5 Å². The van der Waals surface area contributed by atoms with Gasteiger partial charge in [-0.15, -0.1) is 0 Å². The number of rotatable bonds is 7. The molecule has 1 rings (SSSR count). The third-order valence-corrected chi connectivity index (χ3v) is 3.24. The molecular weight excluding hydrogens is 290 g/mol. The average Bonchev–Trinajstić information content (AvgIpc) is 2.38. The lowest BCUT2D eigenvalue weighted by atomic mass is 10.2. The summed E-state index contributed by atoms with van der Waals surface area (Å²) < 4.78 is 13.7. The van der Waals surface area contributed by atoms with Gasteiger partial charge in [0.2, 0.25) is 0 Å². The van der Waals surface area contributed by atoms with Crippen LogP contribution in [-0.4, -0.2) is 45.1 Å². The summed E-state index contributed by atoms with van der Waals surface area (Å²) in [6.45, 7) is 1.05. The second kappa shape index (κ2) is 7.99. The normalized spacial score (nSPS) is 11.7. The first-order valence-corrected chi connectivity index (χ1v) is 9.49. The maximum atomic E-state index is 12.0. The lowest BCUT2D eigenvalue weighted by Crippen LogP contribution is -2.30. The first-order chi connectivity index (χ1) is 9.85. The van der Waals surface area contributed by atoms with Crippen LogP contribution in [0.5, 0.6) is 11.5 Å². The summed E-state index contributed by atoms with van der Waals surface area (Å²) in [5, 5.41) is 2.80. The number of carbonyl (C=O) groups excluding carboxylic acids is 1. The summed E-state index contributed by atoms with van der Waals surface area (Å²) in [5.74, 6) is 1.24. The molecule has 0 saturated carbocycles. The molecule has 0 bridgehead atoms. The second-order valence-electron chi connectivity index (χ2n) is 5.25. The summed E-state index contributed by atoms with van der Waals surface area (Å²) in [6.07, 6.45) is 6.74. The zero-order valence-corrected chi connectivity index (χ0v) is 13.9. The van der Waals surface area contributed by atoms with Gasteiger partial charge in [-0.3, -0.25) is 0 Å². The number of hydrogen-bond donors (Lipinski definition) is 3. The Morgan fingerprint density at radius 2 is 2.05 bits per heavy atom. The van der Waals surface area contributed by atoms with E-state index in [-0.39, 0.29) is 6.03 Å². The molecule has 0 spiro atoms. The zero-order valence-electron chi connectivity index (χ0n) is 13.1. The minimum Gasteiger partial charge on any atom is -0.497 e. The number of benzene rings is 1. The monoisotopic (exact) mass is 315 g/mol. The van der Waals surface area contributed by atoms with Crippen molar-refractivity contribution in [1.29, 1.82) is 0 Å². The van der Waals surface area contributed by atoms with Crippen LogP contribution in [0, 0.1) is 0 Å². The second-order valence-corrected chi connectivity index (χ2v) is 9.12. The molecule has 6 nitrogen and oxygen atoms in total. The van der Waals surface area contributed by atoms with Crippen molar-refractivity contribution in [3.63, 3.8) is 0 Å². The van der Waals surface area contributed by atoms with E-state index in [1.165, 1.54) is 0 Å². The fraction of sp³-hybridized carbons (Fsp3) is 0.500. The van der Waals surface area contributed by atoms with Crippen molar-refractivity contribution in [3.05, 3.63) is 18.2 Å². The molecule has 0 aromatic heterocycles. The molecular formula is C14H25N3O3S. The smallest absolute Gasteiger partial charge is 0.327 e. The van der Waals surface area contributed by atoms with Gasteiger partial charge in [0.15, 0.2) is 0 Å². The molecule has 1 aromatic rings. The van der Waals surface area contributed by atoms with E-state index in [1.54, 1.807) is 25.3 Å². The highest BCUT2D eigenvalue weighted by Crippen LogP contribution is 2.31. The van der Waals surface area contributed by atoms with E-state index in [0.717, 1.165) is 6.42 Å². The Bertz CT molecular complexity index is 475. The zero-order chi connectivity index (χ0) is 15.9. The summed E-state index contributed by atoms with van der Waals surface area (Å²) in [4.78, 5) is 12.0. The predicted molar refractivity (Wildman–Crippen MR) is 89.7 cm³/mol. The van der Waals surface area contributed by atoms with Crippen molar-refractivity contribution in [2.24, 2.45) is 5.73 Å². The molecule has 0 heterocycles. The molecule has 0 atom stereocenters. The molecule has 0 saturated heterocycles. The van der Waals surface area contributed by atoms with Crippen molar-refractivity contribution in [2.75, 3.05) is 44.3 Å². The van der Waals surface area contributed by atoms with Gasteiger partial charge in [0.25, 0.3) is 0 Å². The molecule has 0 aliphatic rings. The number of nitrogens with one attached hydrogen (secondary N) is 2. The van der Waals surface area contributed by atoms with Crippen LogP contribution in [0.3, 0.4) is 0 Å². The first kappa shape index (κ1) is 17.5. The van der Waals surface area contributed by atoms with Crippen LogP contribution in [0.25, 0.3) is 0 Å². The minimum absolute atomic E-state index is 0.244. The molecule has 1 aromatic carbocycles. The van der Waals surface area contributed by atoms with Crippen molar-refractivity contribution in [2.45, 2.75) is 6.42 Å². The van der Waals surface area contributed by atoms with E-state index in [9.17, 15) is 4.79 Å². The third-order valence-electron chi connectivity index (χ3n) is 2.44. The SMILES string of the molecule is COc1ccc(NC(=O)NS(C)(C)C)c(OCCCN)c1. The number of nitrogens with two attached hydrogens (primary N) is 1. The number of amides is 2. The quantitative estimate of drug-likeness (QED) is 0.673. The average molecular weight is 315 g/mol. The van der Waals surface area contributed by atoms with Crippen molar-refractivity contribution in [1.82, 2.24) is 4.72 Å². The lowest BCUT2D eigenvalue weighted by molar-refractivity contribution is 0.256. The van der Waals surface area contributed by atoms with Gasteiger partial charge in [-0.2, -0.15) is 10.2 Å². The van der Waals surface area contributed by atoms with Crippen LogP contribution in [0.4, 0.5) is 10.5 Å². The topological polar surface area (TPSA) is 85.6 Å². The molecule has 0 unspecified atom stereocenters. The van der Waals surface area contributed by atoms with Crippen LogP contribution in [0.15, 0.2) is 18.2 Å². The number of methoxy groups -OCH3 is 1. The van der Waals surface area contributed by atoms with Gasteiger partial charge in [-0.05, 0) is 43.9 Å². The van der Waals surface area contributed by atoms with Crippen molar-refractivity contribution < 1.29 is 14.3 Å². The van der Waals surface area contributed by atoms with E-state index in [1.807, 2.05) is 18.8 Å². The minimum atomic E-state index is -1.13. The predicted octanol–water partition coefficient (Wildman–Crippen LogP) is 2.15. The molecule has 0 fully saturated rings. The molecule has 0 radical (unpaired) electrons. The maximum Gasteiger partial charge on any atom is 0.327 e. The van der Waals surface area contributed by atoms with Gasteiger partial charge in [-0.1, -0.05) is 0 Å². The van der Waals surface area contributed by atoms with E-state index in [0.29, 0.717) is 30.3 Å². The molecule has 0 aliphatic carbocycles. The van der Waals surface area contributed by atoms with Gasteiger partial charge in [0.05, 0.1) is 19.4 Å². The highest BCUT2D eigenvalue weighted by Gasteiger charge is 2.12. The Balaban J connectivity index is 2.81. The highest BCUT2D eigenvalue weighted by molar-refractivity contribution is 8.30. The van der Waals surface area contributed by atoms with Crippen molar-refractivity contribution >= 4 is 21.9 Å². The van der Waals surface area contributed by atoms with E-state index >= 15 is 0 Å². The van der Waals surface area contributed by atoms with Crippen LogP contribution >= 0.6 is 10.2 Å². The summed E-state index contributed by atoms with van der Waals surface area (Å²) in [5.41, 5.74) is 6.06. The maximum absolute atomic E-state index is 12.0. The van der Waals surface area contributed by atoms with E-state index in [4.69, 9.17) is 15.2 Å². The fourth-order valence-electron chi connectivity index (χ4n) is 1.54. The van der Waals surface area contributed by atoms with E-state index in [2.05, 4.69) is 10.0 Å². The number of anilines is 1. The van der Waals surface area contributed by atoms with E-state index < -0.39 is 10.2 Å². The van der Waals surface area contributed by atoms with Crippen LogP contribution < -0.4 is 25.2 Å². The Kier molecular flexibility index (Phi) is 6.64. The molecule has 21 heavy (non-hydrogen) atoms. The number of carbonyl (C=O) groups is 1. The van der Waals surface area contributed by atoms with Gasteiger partial charge in [0, 0.05) is 6.07 Å². The molecule has 4 N–H and O–H groups in total. The lowest BCUT2D eigenvalue weighted by Gasteiger charge is -2.27. The van der Waals surface area contributed by atoms with Gasteiger partial charge in [-0.25, -0.2) is 4.79 Å². The number of hydrogen-bond acceptors (Lipinski definition) is 4. The van der Waals surface area contributed by atoms with Crippen LogP contribution in [0.2, 0.25) is 0 Å². The van der Waals surface area contributed by atoms with Gasteiger partial charge >= 0.3 is 6.03 Å². The van der Waals surface area contributed by atoms with Gasteiger partial charge < -0.3 is 25.2 Å². The Hall–Kier alpha value is -1.60. The molecule has 7 heteroatoms. The largest absolute Gasteiger partial charge is 0.497 e. The molecule has 0 aliphatic heterocycles. The van der Waals surface area contributed by atoms with Crippen LogP contribution in [-0.2, 0) is 0 Å². The van der Waals surface area contributed by atoms with Crippen LogP contribution in [0.1, 0.15) is 6.42 Å². The van der Waals surface area contributed by atoms with Gasteiger partial charge in [0.1, 0.15) is 11.5 Å². The number of urea groups is 1. The summed E-state index contributed by atoms with van der Waals surface area (Å²) in [7, 11) is 0.451. The summed E-state index contributed by atoms with van der Waals surface area (Å²) in [6, 6.07) is 5.03. The first-order valence-electron chi connectivity index (χ1n) is 6.63. The number of ether oxygens (including phenoxy) is 2. The Labute approximate surface area is 127 Å².